The van der Waals surface area contributed by atoms with Gasteiger partial charge in [0.15, 0.2) is 6.29 Å². The van der Waals surface area contributed by atoms with Gasteiger partial charge in [0.25, 0.3) is 0 Å². The van der Waals surface area contributed by atoms with Gasteiger partial charge in [-0.1, -0.05) is 0 Å². The molecule has 0 saturated carbocycles. The first-order valence-electron chi connectivity index (χ1n) is 9.39. The molecule has 6 nitrogen and oxygen atoms in total. The second-order valence-corrected chi connectivity index (χ2v) is 7.82. The van der Waals surface area contributed by atoms with Crippen LogP contribution in [0.25, 0.3) is 10.6 Å². The van der Waals surface area contributed by atoms with E-state index in [1.165, 1.54) is 12.8 Å². The summed E-state index contributed by atoms with van der Waals surface area (Å²) in [7, 11) is 3.33. The maximum atomic E-state index is 5.71. The molecule has 4 rings (SSSR count). The summed E-state index contributed by atoms with van der Waals surface area (Å²) in [6, 6.07) is 5.84. The third kappa shape index (κ3) is 4.27. The highest BCUT2D eigenvalue weighted by molar-refractivity contribution is 7.13. The molecule has 2 saturated heterocycles. The van der Waals surface area contributed by atoms with Gasteiger partial charge in [-0.25, -0.2) is 4.98 Å². The van der Waals surface area contributed by atoms with Crippen molar-refractivity contribution < 1.29 is 18.9 Å². The molecular weight excluding hydrogens is 364 g/mol. The van der Waals surface area contributed by atoms with E-state index in [0.717, 1.165) is 60.6 Å². The molecule has 2 aliphatic rings. The molecule has 1 unspecified atom stereocenters. The van der Waals surface area contributed by atoms with Crippen molar-refractivity contribution >= 4 is 11.3 Å². The Balaban J connectivity index is 1.43. The molecule has 2 aromatic rings. The Labute approximate surface area is 164 Å². The van der Waals surface area contributed by atoms with E-state index < -0.39 is 0 Å². The van der Waals surface area contributed by atoms with Crippen LogP contribution in [0, 0.1) is 5.92 Å². The van der Waals surface area contributed by atoms with Crippen LogP contribution in [0.1, 0.15) is 18.5 Å². The van der Waals surface area contributed by atoms with Gasteiger partial charge in [0.05, 0.1) is 38.7 Å². The maximum Gasteiger partial charge on any atom is 0.161 e. The van der Waals surface area contributed by atoms with Crippen molar-refractivity contribution in [1.82, 2.24) is 9.88 Å². The van der Waals surface area contributed by atoms with E-state index >= 15 is 0 Å². The van der Waals surface area contributed by atoms with Crippen LogP contribution in [0.5, 0.6) is 11.5 Å². The van der Waals surface area contributed by atoms with E-state index in [9.17, 15) is 0 Å². The number of piperidine rings is 1. The molecule has 27 heavy (non-hydrogen) atoms. The van der Waals surface area contributed by atoms with Gasteiger partial charge < -0.3 is 18.9 Å². The molecular formula is C20H26N2O4S. The number of hydrogen-bond donors (Lipinski definition) is 0. The monoisotopic (exact) mass is 390 g/mol. The molecule has 3 heterocycles. The van der Waals surface area contributed by atoms with Crippen LogP contribution in [0.4, 0.5) is 0 Å². The Kier molecular flexibility index (Phi) is 5.92. The summed E-state index contributed by atoms with van der Waals surface area (Å²) in [6.45, 7) is 4.41. The average Bonchev–Trinajstić information content (AvgIpc) is 3.40. The van der Waals surface area contributed by atoms with E-state index in [-0.39, 0.29) is 6.29 Å². The lowest BCUT2D eigenvalue weighted by Crippen LogP contribution is -2.40. The summed E-state index contributed by atoms with van der Waals surface area (Å²) in [5.74, 6) is 2.02. The van der Waals surface area contributed by atoms with Crippen molar-refractivity contribution in [2.24, 2.45) is 5.92 Å². The van der Waals surface area contributed by atoms with E-state index in [1.807, 2.05) is 18.2 Å². The molecule has 0 spiro atoms. The predicted molar refractivity (Wildman–Crippen MR) is 104 cm³/mol. The Morgan fingerprint density at radius 2 is 2.07 bits per heavy atom. The largest absolute Gasteiger partial charge is 0.497 e. The summed E-state index contributed by atoms with van der Waals surface area (Å²) in [6.07, 6.45) is 2.33. The maximum absolute atomic E-state index is 5.71. The summed E-state index contributed by atoms with van der Waals surface area (Å²) in [5.41, 5.74) is 2.10. The number of likely N-dealkylation sites (tertiary alicyclic amines) is 1. The highest BCUT2D eigenvalue weighted by atomic mass is 32.1. The SMILES string of the molecule is COc1ccc(-c2nc(CN3CCCC(C4OCCO4)C3)cs2)c(OC)c1. The number of ether oxygens (including phenoxy) is 4. The molecule has 0 radical (unpaired) electrons. The Hall–Kier alpha value is -1.67. The van der Waals surface area contributed by atoms with E-state index in [1.54, 1.807) is 25.6 Å². The van der Waals surface area contributed by atoms with Gasteiger partial charge >= 0.3 is 0 Å². The number of aromatic nitrogens is 1. The van der Waals surface area contributed by atoms with E-state index in [0.29, 0.717) is 5.92 Å². The molecule has 2 aliphatic heterocycles. The first kappa shape index (κ1) is 18.7. The number of benzene rings is 1. The summed E-state index contributed by atoms with van der Waals surface area (Å²) in [5, 5.41) is 3.12. The fourth-order valence-corrected chi connectivity index (χ4v) is 4.65. The van der Waals surface area contributed by atoms with Crippen molar-refractivity contribution in [3.8, 4) is 22.1 Å². The Bertz CT molecular complexity index is 760. The number of hydrogen-bond acceptors (Lipinski definition) is 7. The van der Waals surface area contributed by atoms with Gasteiger partial charge in [0.1, 0.15) is 16.5 Å². The fourth-order valence-electron chi connectivity index (χ4n) is 3.81. The van der Waals surface area contributed by atoms with Crippen molar-refractivity contribution in [2.75, 3.05) is 40.5 Å². The standard InChI is InChI=1S/C20H26N2O4S/c1-23-16-5-6-17(18(10-16)24-2)19-21-15(13-27-19)12-22-7-3-4-14(11-22)20-25-8-9-26-20/h5-6,10,13-14,20H,3-4,7-9,11-12H2,1-2H3. The van der Waals surface area contributed by atoms with Crippen molar-refractivity contribution in [3.05, 3.63) is 29.3 Å². The lowest BCUT2D eigenvalue weighted by molar-refractivity contribution is -0.101. The fraction of sp³-hybridized carbons (Fsp3) is 0.550. The van der Waals surface area contributed by atoms with Gasteiger partial charge in [0.2, 0.25) is 0 Å². The third-order valence-electron chi connectivity index (χ3n) is 5.15. The molecule has 0 bridgehead atoms. The van der Waals surface area contributed by atoms with Crippen LogP contribution < -0.4 is 9.47 Å². The third-order valence-corrected chi connectivity index (χ3v) is 6.08. The minimum absolute atomic E-state index is 0.0256. The van der Waals surface area contributed by atoms with Crippen LogP contribution in [0.3, 0.4) is 0 Å². The normalized spacial score (nSPS) is 21.5. The average molecular weight is 391 g/mol. The second-order valence-electron chi connectivity index (χ2n) is 6.96. The summed E-state index contributed by atoms with van der Waals surface area (Å²) >= 11 is 1.65. The molecule has 1 atom stereocenters. The van der Waals surface area contributed by atoms with Crippen molar-refractivity contribution in [3.63, 3.8) is 0 Å². The number of thiazole rings is 1. The highest BCUT2D eigenvalue weighted by Gasteiger charge is 2.31. The van der Waals surface area contributed by atoms with Gasteiger partial charge in [0, 0.05) is 30.5 Å². The summed E-state index contributed by atoms with van der Waals surface area (Å²) in [4.78, 5) is 7.32. The topological polar surface area (TPSA) is 53.1 Å². The zero-order valence-corrected chi connectivity index (χ0v) is 16.7. The second kappa shape index (κ2) is 8.56. The number of rotatable bonds is 6. The van der Waals surface area contributed by atoms with Crippen LogP contribution in [0.15, 0.2) is 23.6 Å². The lowest BCUT2D eigenvalue weighted by atomic mass is 9.97. The smallest absolute Gasteiger partial charge is 0.161 e. The molecule has 7 heteroatoms. The van der Waals surface area contributed by atoms with Crippen LogP contribution in [-0.4, -0.2) is 56.7 Å². The Morgan fingerprint density at radius 1 is 1.22 bits per heavy atom. The predicted octanol–water partition coefficient (Wildman–Crippen LogP) is 3.41. The molecule has 0 N–H and O–H groups in total. The van der Waals surface area contributed by atoms with E-state index in [4.69, 9.17) is 23.9 Å². The Morgan fingerprint density at radius 3 is 2.85 bits per heavy atom. The first-order valence-corrected chi connectivity index (χ1v) is 10.3. The molecule has 146 valence electrons. The van der Waals surface area contributed by atoms with Crippen LogP contribution in [-0.2, 0) is 16.0 Å². The highest BCUT2D eigenvalue weighted by Crippen LogP contribution is 2.35. The number of nitrogens with zero attached hydrogens (tertiary/aromatic N) is 2. The van der Waals surface area contributed by atoms with Crippen LogP contribution in [0.2, 0.25) is 0 Å². The molecule has 1 aromatic heterocycles. The summed E-state index contributed by atoms with van der Waals surface area (Å²) < 4.78 is 22.2. The quantitative estimate of drug-likeness (QED) is 0.753. The zero-order chi connectivity index (χ0) is 18.6. The molecule has 0 aliphatic carbocycles. The van der Waals surface area contributed by atoms with Gasteiger partial charge in [-0.15, -0.1) is 11.3 Å². The van der Waals surface area contributed by atoms with E-state index in [2.05, 4.69) is 10.3 Å². The van der Waals surface area contributed by atoms with Crippen molar-refractivity contribution in [2.45, 2.75) is 25.7 Å². The minimum Gasteiger partial charge on any atom is -0.497 e. The van der Waals surface area contributed by atoms with Crippen molar-refractivity contribution in [1.29, 1.82) is 0 Å². The molecule has 1 aromatic carbocycles. The zero-order valence-electron chi connectivity index (χ0n) is 15.8. The minimum atomic E-state index is -0.0256. The first-order chi connectivity index (χ1) is 13.3. The molecule has 2 fully saturated rings. The van der Waals surface area contributed by atoms with Crippen LogP contribution >= 0.6 is 11.3 Å². The van der Waals surface area contributed by atoms with Gasteiger partial charge in [-0.05, 0) is 31.5 Å². The molecule has 0 amide bonds. The van der Waals surface area contributed by atoms with Gasteiger partial charge in [-0.3, -0.25) is 4.90 Å². The number of methoxy groups -OCH3 is 2. The van der Waals surface area contributed by atoms with Gasteiger partial charge in [-0.2, -0.15) is 0 Å². The lowest BCUT2D eigenvalue weighted by Gasteiger charge is -2.34.